The fourth-order valence-corrected chi connectivity index (χ4v) is 7.47. The molecule has 1 saturated heterocycles. The molecule has 4 aliphatic carbocycles. The van der Waals surface area contributed by atoms with Gasteiger partial charge >= 0.3 is 0 Å². The normalized spacial score (nSPS) is 32.5. The predicted octanol–water partition coefficient (Wildman–Crippen LogP) is 4.63. The van der Waals surface area contributed by atoms with Crippen molar-refractivity contribution in [2.45, 2.75) is 69.1 Å². The average Bonchev–Trinajstić information content (AvgIpc) is 3.12. The third kappa shape index (κ3) is 3.18. The Morgan fingerprint density at radius 3 is 2.65 bits per heavy atom. The molecular weight excluding hydrogens is 425 g/mol. The van der Waals surface area contributed by atoms with Gasteiger partial charge in [-0.3, -0.25) is 19.2 Å². The van der Waals surface area contributed by atoms with Crippen LogP contribution in [0.15, 0.2) is 42.2 Å². The number of nitrogens with zero attached hydrogens (tertiary/aromatic N) is 4. The van der Waals surface area contributed by atoms with Gasteiger partial charge in [0, 0.05) is 31.2 Å². The zero-order chi connectivity index (χ0) is 22.9. The first kappa shape index (κ1) is 21.0. The molecule has 0 unspecified atom stereocenters. The van der Waals surface area contributed by atoms with Gasteiger partial charge in [-0.1, -0.05) is 24.3 Å². The highest BCUT2D eigenvalue weighted by Crippen LogP contribution is 2.65. The highest BCUT2D eigenvalue weighted by Gasteiger charge is 2.63. The SMILES string of the molecule is C[C@@H]1CC2=C(Cc3ccccc32)[C@@H](c2cnc(NC3CN(CCCF)C3)cn2)N1C12CC(C1)C2. The Morgan fingerprint density at radius 1 is 1.12 bits per heavy atom. The van der Waals surface area contributed by atoms with E-state index in [9.17, 15) is 4.39 Å². The lowest BCUT2D eigenvalue weighted by atomic mass is 9.48. The number of rotatable bonds is 7. The van der Waals surface area contributed by atoms with Gasteiger partial charge in [0.2, 0.25) is 0 Å². The first-order valence-corrected chi connectivity index (χ1v) is 13.1. The molecule has 8 rings (SSSR count). The Hall–Kier alpha value is -2.31. The first-order chi connectivity index (χ1) is 16.6. The molecule has 5 nitrogen and oxygen atoms in total. The van der Waals surface area contributed by atoms with E-state index < -0.39 is 0 Å². The van der Waals surface area contributed by atoms with Crippen molar-refractivity contribution in [3.8, 4) is 0 Å². The summed E-state index contributed by atoms with van der Waals surface area (Å²) >= 11 is 0. The van der Waals surface area contributed by atoms with Crippen LogP contribution >= 0.6 is 0 Å². The molecule has 2 bridgehead atoms. The minimum Gasteiger partial charge on any atom is -0.363 e. The van der Waals surface area contributed by atoms with E-state index in [1.54, 1.807) is 11.1 Å². The van der Waals surface area contributed by atoms with Crippen LogP contribution in [0.4, 0.5) is 10.2 Å². The summed E-state index contributed by atoms with van der Waals surface area (Å²) in [6.45, 7) is 4.94. The van der Waals surface area contributed by atoms with E-state index in [1.165, 1.54) is 30.4 Å². The summed E-state index contributed by atoms with van der Waals surface area (Å²) in [7, 11) is 0. The van der Waals surface area contributed by atoms with Crippen molar-refractivity contribution < 1.29 is 4.39 Å². The topological polar surface area (TPSA) is 44.3 Å². The second-order valence-corrected chi connectivity index (χ2v) is 11.4. The van der Waals surface area contributed by atoms with Crippen LogP contribution in [0.2, 0.25) is 0 Å². The standard InChI is InChI=1S/C28H34FN5/c1-18-9-23-22-6-3-2-5-20(22)10-24(23)27(34(18)28-11-19(12-28)13-28)25-14-31-26(15-30-25)32-21-16-33(17-21)8-4-7-29/h2-3,5-6,14-15,18-19,21,27H,4,7-13,16-17H2,1H3,(H,31,32)/t18-,19?,27+,28?/m1/s1. The molecule has 0 amide bonds. The van der Waals surface area contributed by atoms with Crippen LogP contribution in [-0.4, -0.2) is 63.7 Å². The van der Waals surface area contributed by atoms with Crippen LogP contribution in [-0.2, 0) is 6.42 Å². The summed E-state index contributed by atoms with van der Waals surface area (Å²) < 4.78 is 12.4. The molecule has 6 heteroatoms. The van der Waals surface area contributed by atoms with Crippen LogP contribution in [0.3, 0.4) is 0 Å². The van der Waals surface area contributed by atoms with Crippen LogP contribution in [0.1, 0.15) is 61.9 Å². The molecule has 3 saturated carbocycles. The third-order valence-corrected chi connectivity index (χ3v) is 9.12. The van der Waals surface area contributed by atoms with Crippen molar-refractivity contribution in [2.75, 3.05) is 31.6 Å². The van der Waals surface area contributed by atoms with Crippen molar-refractivity contribution in [1.82, 2.24) is 19.8 Å². The maximum absolute atomic E-state index is 12.4. The maximum atomic E-state index is 12.4. The number of halogens is 1. The van der Waals surface area contributed by atoms with Gasteiger partial charge in [0.15, 0.2) is 0 Å². The molecule has 1 N–H and O–H groups in total. The van der Waals surface area contributed by atoms with Gasteiger partial charge in [-0.2, -0.15) is 0 Å². The van der Waals surface area contributed by atoms with Gasteiger partial charge < -0.3 is 5.32 Å². The molecule has 2 aliphatic heterocycles. The average molecular weight is 460 g/mol. The number of nitrogens with one attached hydrogen (secondary N) is 1. The first-order valence-electron chi connectivity index (χ1n) is 13.1. The van der Waals surface area contributed by atoms with Gasteiger partial charge in [-0.05, 0) is 73.6 Å². The van der Waals surface area contributed by atoms with Crippen molar-refractivity contribution in [3.05, 3.63) is 59.1 Å². The van der Waals surface area contributed by atoms with E-state index in [2.05, 4.69) is 46.3 Å². The van der Waals surface area contributed by atoms with E-state index in [4.69, 9.17) is 9.97 Å². The fraction of sp³-hybridized carbons (Fsp3) is 0.571. The van der Waals surface area contributed by atoms with E-state index in [1.807, 2.05) is 12.4 Å². The number of hydrogen-bond donors (Lipinski definition) is 1. The monoisotopic (exact) mass is 459 g/mol. The largest absolute Gasteiger partial charge is 0.363 e. The van der Waals surface area contributed by atoms with E-state index in [-0.39, 0.29) is 12.7 Å². The summed E-state index contributed by atoms with van der Waals surface area (Å²) in [6, 6.07) is 10.1. The van der Waals surface area contributed by atoms with Crippen molar-refractivity contribution in [3.63, 3.8) is 0 Å². The summed E-state index contributed by atoms with van der Waals surface area (Å²) in [5, 5.41) is 3.52. The molecule has 3 heterocycles. The van der Waals surface area contributed by atoms with Crippen molar-refractivity contribution in [1.29, 1.82) is 0 Å². The van der Waals surface area contributed by atoms with E-state index in [0.29, 0.717) is 24.0 Å². The molecule has 4 fully saturated rings. The summed E-state index contributed by atoms with van der Waals surface area (Å²) in [6.07, 6.45) is 10.8. The highest BCUT2D eigenvalue weighted by atomic mass is 19.1. The molecule has 0 spiro atoms. The van der Waals surface area contributed by atoms with Crippen LogP contribution in [0, 0.1) is 5.92 Å². The molecule has 1 aromatic carbocycles. The molecular formula is C28H34FN5. The van der Waals surface area contributed by atoms with Crippen molar-refractivity contribution in [2.24, 2.45) is 5.92 Å². The maximum Gasteiger partial charge on any atom is 0.144 e. The lowest BCUT2D eigenvalue weighted by Gasteiger charge is -2.70. The number of fused-ring (bicyclic) bond motifs is 2. The van der Waals surface area contributed by atoms with Crippen LogP contribution in [0.25, 0.3) is 5.57 Å². The smallest absolute Gasteiger partial charge is 0.144 e. The van der Waals surface area contributed by atoms with Gasteiger partial charge in [0.1, 0.15) is 5.82 Å². The van der Waals surface area contributed by atoms with Gasteiger partial charge in [0.25, 0.3) is 0 Å². The second-order valence-electron chi connectivity index (χ2n) is 11.4. The number of hydrogen-bond acceptors (Lipinski definition) is 5. The van der Waals surface area contributed by atoms with E-state index >= 15 is 0 Å². The molecule has 2 aromatic rings. The van der Waals surface area contributed by atoms with Gasteiger partial charge in [0.05, 0.1) is 36.8 Å². The summed E-state index contributed by atoms with van der Waals surface area (Å²) in [4.78, 5) is 15.0. The molecule has 2 atom stereocenters. The molecule has 6 aliphatic rings. The van der Waals surface area contributed by atoms with Gasteiger partial charge in [-0.15, -0.1) is 0 Å². The molecule has 34 heavy (non-hydrogen) atoms. The summed E-state index contributed by atoms with van der Waals surface area (Å²) in [5.74, 6) is 1.80. The Balaban J connectivity index is 1.15. The Bertz CT molecular complexity index is 1100. The molecule has 0 radical (unpaired) electrons. The Morgan fingerprint density at radius 2 is 1.94 bits per heavy atom. The number of benzene rings is 1. The molecule has 1 aromatic heterocycles. The summed E-state index contributed by atoms with van der Waals surface area (Å²) in [5.41, 5.74) is 7.53. The second kappa shape index (κ2) is 7.85. The number of anilines is 1. The zero-order valence-corrected chi connectivity index (χ0v) is 20.0. The van der Waals surface area contributed by atoms with E-state index in [0.717, 1.165) is 49.9 Å². The number of likely N-dealkylation sites (tertiary alicyclic amines) is 1. The lowest BCUT2D eigenvalue weighted by Crippen LogP contribution is -2.71. The third-order valence-electron chi connectivity index (χ3n) is 9.12. The Kier molecular flexibility index (Phi) is 4.85. The quantitative estimate of drug-likeness (QED) is 0.654. The van der Waals surface area contributed by atoms with Gasteiger partial charge in [-0.25, -0.2) is 4.98 Å². The fourth-order valence-electron chi connectivity index (χ4n) is 7.47. The minimum absolute atomic E-state index is 0.230. The number of alkyl halides is 1. The molecule has 178 valence electrons. The Labute approximate surface area is 201 Å². The highest BCUT2D eigenvalue weighted by molar-refractivity contribution is 5.79. The number of aromatic nitrogens is 2. The van der Waals surface area contributed by atoms with Crippen LogP contribution < -0.4 is 5.32 Å². The van der Waals surface area contributed by atoms with Crippen LogP contribution in [0.5, 0.6) is 0 Å². The lowest BCUT2D eigenvalue weighted by molar-refractivity contribution is -0.173. The zero-order valence-electron chi connectivity index (χ0n) is 20.0. The van der Waals surface area contributed by atoms with Crippen molar-refractivity contribution >= 4 is 11.4 Å². The predicted molar refractivity (Wildman–Crippen MR) is 132 cm³/mol. The minimum atomic E-state index is -0.233.